The monoisotopic (exact) mass is 362 g/mol. The van der Waals surface area contributed by atoms with Crippen LogP contribution in [0.1, 0.15) is 12.8 Å². The number of sulfonamides is 1. The molecule has 1 aromatic heterocycles. The Morgan fingerprint density at radius 2 is 2.04 bits per heavy atom. The maximum atomic E-state index is 12.9. The number of rotatable bonds is 8. The minimum atomic E-state index is -3.63. The first-order valence-corrected chi connectivity index (χ1v) is 9.80. The molecule has 134 valence electrons. The minimum Gasteiger partial charge on any atom is -0.492 e. The van der Waals surface area contributed by atoms with Crippen LogP contribution in [0.25, 0.3) is 0 Å². The van der Waals surface area contributed by atoms with Crippen molar-refractivity contribution in [1.82, 2.24) is 9.29 Å². The van der Waals surface area contributed by atoms with Gasteiger partial charge in [0, 0.05) is 32.1 Å². The van der Waals surface area contributed by atoms with Gasteiger partial charge in [-0.05, 0) is 37.1 Å². The topological polar surface area (TPSA) is 68.7 Å². The van der Waals surface area contributed by atoms with Gasteiger partial charge < -0.3 is 9.47 Å². The summed E-state index contributed by atoms with van der Waals surface area (Å²) in [5.41, 5.74) is 0. The summed E-state index contributed by atoms with van der Waals surface area (Å²) < 4.78 is 38.6. The second-order valence-corrected chi connectivity index (χ2v) is 7.79. The molecule has 2 heterocycles. The summed E-state index contributed by atoms with van der Waals surface area (Å²) in [7, 11) is -3.63. The van der Waals surface area contributed by atoms with E-state index >= 15 is 0 Å². The highest BCUT2D eigenvalue weighted by Crippen LogP contribution is 2.19. The van der Waals surface area contributed by atoms with Crippen LogP contribution in [0.3, 0.4) is 0 Å². The summed E-state index contributed by atoms with van der Waals surface area (Å²) in [4.78, 5) is 4.11. The van der Waals surface area contributed by atoms with Gasteiger partial charge in [-0.3, -0.25) is 4.98 Å². The Hall–Kier alpha value is -1.96. The highest BCUT2D eigenvalue weighted by atomic mass is 32.2. The van der Waals surface area contributed by atoms with E-state index in [0.29, 0.717) is 13.2 Å². The van der Waals surface area contributed by atoms with Crippen LogP contribution in [0.5, 0.6) is 5.75 Å². The first-order valence-electron chi connectivity index (χ1n) is 8.36. The average molecular weight is 362 g/mol. The standard InChI is InChI=1S/C18H22N2O4S/c21-25(22,18-9-4-10-19-14-18)20(15-17-8-5-12-23-17)11-13-24-16-6-2-1-3-7-16/h1-4,6-7,9-10,14,17H,5,8,11-13,15H2. The summed E-state index contributed by atoms with van der Waals surface area (Å²) in [6.45, 7) is 1.55. The van der Waals surface area contributed by atoms with Gasteiger partial charge >= 0.3 is 0 Å². The van der Waals surface area contributed by atoms with E-state index in [0.717, 1.165) is 18.6 Å². The Kier molecular flexibility index (Phi) is 6.01. The molecule has 0 radical (unpaired) electrons. The van der Waals surface area contributed by atoms with Crippen molar-refractivity contribution in [2.75, 3.05) is 26.3 Å². The quantitative estimate of drug-likeness (QED) is 0.721. The highest BCUT2D eigenvalue weighted by Gasteiger charge is 2.29. The van der Waals surface area contributed by atoms with E-state index in [4.69, 9.17) is 9.47 Å². The van der Waals surface area contributed by atoms with Gasteiger partial charge in [0.05, 0.1) is 6.10 Å². The predicted molar refractivity (Wildman–Crippen MR) is 93.9 cm³/mol. The third kappa shape index (κ3) is 4.78. The SMILES string of the molecule is O=S(=O)(c1cccnc1)N(CCOc1ccccc1)CC1CCCO1. The molecule has 3 rings (SSSR count). The van der Waals surface area contributed by atoms with E-state index in [9.17, 15) is 8.42 Å². The molecule has 0 amide bonds. The number of hydrogen-bond donors (Lipinski definition) is 0. The second kappa shape index (κ2) is 8.42. The van der Waals surface area contributed by atoms with Crippen molar-refractivity contribution < 1.29 is 17.9 Å². The molecular weight excluding hydrogens is 340 g/mol. The minimum absolute atomic E-state index is 0.0665. The Labute approximate surface area is 148 Å². The molecule has 1 saturated heterocycles. The Balaban J connectivity index is 1.70. The predicted octanol–water partition coefficient (Wildman–Crippen LogP) is 2.33. The van der Waals surface area contributed by atoms with Gasteiger partial charge in [0.1, 0.15) is 17.3 Å². The number of ether oxygens (including phenoxy) is 2. The summed E-state index contributed by atoms with van der Waals surface area (Å²) in [5.74, 6) is 0.721. The number of hydrogen-bond acceptors (Lipinski definition) is 5. The van der Waals surface area contributed by atoms with Crippen molar-refractivity contribution in [3.8, 4) is 5.75 Å². The van der Waals surface area contributed by atoms with Crippen molar-refractivity contribution in [1.29, 1.82) is 0 Å². The Bertz CT molecular complexity index is 747. The van der Waals surface area contributed by atoms with Gasteiger partial charge in [-0.1, -0.05) is 18.2 Å². The first-order chi connectivity index (χ1) is 12.2. The summed E-state index contributed by atoms with van der Waals surface area (Å²) in [6, 6.07) is 12.5. The van der Waals surface area contributed by atoms with Crippen LogP contribution in [-0.2, 0) is 14.8 Å². The smallest absolute Gasteiger partial charge is 0.244 e. The van der Waals surface area contributed by atoms with Crippen molar-refractivity contribution in [3.63, 3.8) is 0 Å². The van der Waals surface area contributed by atoms with Gasteiger partial charge in [0.2, 0.25) is 10.0 Å². The third-order valence-corrected chi connectivity index (χ3v) is 5.90. The van der Waals surface area contributed by atoms with E-state index in [1.165, 1.54) is 10.5 Å². The fourth-order valence-corrected chi connectivity index (χ4v) is 4.18. The van der Waals surface area contributed by atoms with Crippen LogP contribution in [0.2, 0.25) is 0 Å². The molecule has 1 atom stereocenters. The summed E-state index contributed by atoms with van der Waals surface area (Å²) in [5, 5.41) is 0. The van der Waals surface area contributed by atoms with E-state index in [2.05, 4.69) is 4.98 Å². The third-order valence-electron chi connectivity index (χ3n) is 4.06. The van der Waals surface area contributed by atoms with Crippen molar-refractivity contribution in [2.24, 2.45) is 0 Å². The van der Waals surface area contributed by atoms with Crippen molar-refractivity contribution >= 4 is 10.0 Å². The molecule has 0 saturated carbocycles. The van der Waals surface area contributed by atoms with E-state index in [1.807, 2.05) is 30.3 Å². The number of aromatic nitrogens is 1. The molecule has 1 fully saturated rings. The lowest BCUT2D eigenvalue weighted by Gasteiger charge is -2.24. The van der Waals surface area contributed by atoms with Gasteiger partial charge in [-0.15, -0.1) is 0 Å². The Morgan fingerprint density at radius 1 is 1.20 bits per heavy atom. The number of nitrogens with zero attached hydrogens (tertiary/aromatic N) is 2. The lowest BCUT2D eigenvalue weighted by molar-refractivity contribution is 0.0910. The molecule has 7 heteroatoms. The fourth-order valence-electron chi connectivity index (χ4n) is 2.76. The van der Waals surface area contributed by atoms with E-state index < -0.39 is 10.0 Å². The lowest BCUT2D eigenvalue weighted by Crippen LogP contribution is -2.40. The molecule has 1 aromatic carbocycles. The largest absolute Gasteiger partial charge is 0.492 e. The maximum Gasteiger partial charge on any atom is 0.244 e. The summed E-state index contributed by atoms with van der Waals surface area (Å²) >= 11 is 0. The fraction of sp³-hybridized carbons (Fsp3) is 0.389. The zero-order valence-corrected chi connectivity index (χ0v) is 14.8. The maximum absolute atomic E-state index is 12.9. The molecule has 0 spiro atoms. The molecule has 2 aromatic rings. The molecule has 0 aliphatic carbocycles. The highest BCUT2D eigenvalue weighted by molar-refractivity contribution is 7.89. The Morgan fingerprint density at radius 3 is 2.72 bits per heavy atom. The van der Waals surface area contributed by atoms with E-state index in [-0.39, 0.29) is 24.2 Å². The van der Waals surface area contributed by atoms with Crippen LogP contribution >= 0.6 is 0 Å². The average Bonchev–Trinajstić information content (AvgIpc) is 3.16. The van der Waals surface area contributed by atoms with Gasteiger partial charge in [0.15, 0.2) is 0 Å². The lowest BCUT2D eigenvalue weighted by atomic mass is 10.2. The molecule has 25 heavy (non-hydrogen) atoms. The molecular formula is C18H22N2O4S. The number of benzene rings is 1. The zero-order valence-electron chi connectivity index (χ0n) is 14.0. The molecule has 1 unspecified atom stereocenters. The first kappa shape index (κ1) is 17.8. The van der Waals surface area contributed by atoms with E-state index in [1.54, 1.807) is 18.3 Å². The normalized spacial score (nSPS) is 17.7. The summed E-state index contributed by atoms with van der Waals surface area (Å²) in [6.07, 6.45) is 4.70. The number of pyridine rings is 1. The zero-order chi connectivity index (χ0) is 17.5. The number of para-hydroxylation sites is 1. The second-order valence-electron chi connectivity index (χ2n) is 5.85. The molecule has 0 bridgehead atoms. The molecule has 1 aliphatic heterocycles. The van der Waals surface area contributed by atoms with Crippen LogP contribution in [0.15, 0.2) is 59.8 Å². The van der Waals surface area contributed by atoms with Crippen LogP contribution in [0.4, 0.5) is 0 Å². The molecule has 6 nitrogen and oxygen atoms in total. The van der Waals surface area contributed by atoms with Crippen molar-refractivity contribution in [3.05, 3.63) is 54.9 Å². The van der Waals surface area contributed by atoms with Gasteiger partial charge in [0.25, 0.3) is 0 Å². The molecule has 0 N–H and O–H groups in total. The van der Waals surface area contributed by atoms with Crippen LogP contribution < -0.4 is 4.74 Å². The van der Waals surface area contributed by atoms with Crippen LogP contribution in [0, 0.1) is 0 Å². The van der Waals surface area contributed by atoms with Crippen LogP contribution in [-0.4, -0.2) is 50.1 Å². The molecule has 1 aliphatic rings. The van der Waals surface area contributed by atoms with Gasteiger partial charge in [-0.25, -0.2) is 8.42 Å². The van der Waals surface area contributed by atoms with Gasteiger partial charge in [-0.2, -0.15) is 4.31 Å². The van der Waals surface area contributed by atoms with Crippen molar-refractivity contribution in [2.45, 2.75) is 23.8 Å².